The van der Waals surface area contributed by atoms with Gasteiger partial charge in [-0.15, -0.1) is 0 Å². The molecule has 3 fully saturated rings. The standard InChI is InChI=1S/C21H32O2/c1-13(22)17-6-7-18-16-5-4-14-12-15(23)8-10-20(14,2)19(16)9-11-21(17,18)3/h12,15-19,23H,4-11H2,1-3H3/t15-,16?,17-,18?,19?,20+,21-/m1/s1. The number of carbonyl (C=O) groups is 1. The van der Waals surface area contributed by atoms with Crippen LogP contribution in [0.25, 0.3) is 0 Å². The predicted octanol–water partition coefficient (Wildman–Crippen LogP) is 4.52. The Hall–Kier alpha value is -0.630. The van der Waals surface area contributed by atoms with Crippen molar-refractivity contribution in [3.63, 3.8) is 0 Å². The first-order valence-corrected chi connectivity index (χ1v) is 9.76. The van der Waals surface area contributed by atoms with Crippen molar-refractivity contribution in [2.24, 2.45) is 34.5 Å². The summed E-state index contributed by atoms with van der Waals surface area (Å²) in [5, 5.41) is 10.0. The second kappa shape index (κ2) is 5.18. The van der Waals surface area contributed by atoms with Crippen molar-refractivity contribution in [3.05, 3.63) is 11.6 Å². The first kappa shape index (κ1) is 15.9. The van der Waals surface area contributed by atoms with E-state index in [1.54, 1.807) is 5.57 Å². The van der Waals surface area contributed by atoms with Gasteiger partial charge < -0.3 is 5.11 Å². The van der Waals surface area contributed by atoms with Crippen LogP contribution in [0.2, 0.25) is 0 Å². The molecule has 0 aliphatic heterocycles. The molecule has 7 atom stereocenters. The molecule has 0 heterocycles. The number of ketones is 1. The van der Waals surface area contributed by atoms with Gasteiger partial charge in [0.1, 0.15) is 5.78 Å². The van der Waals surface area contributed by atoms with Gasteiger partial charge in [0.15, 0.2) is 0 Å². The van der Waals surface area contributed by atoms with Gasteiger partial charge in [-0.3, -0.25) is 4.79 Å². The van der Waals surface area contributed by atoms with E-state index in [1.165, 1.54) is 32.1 Å². The van der Waals surface area contributed by atoms with Gasteiger partial charge in [-0.25, -0.2) is 0 Å². The minimum Gasteiger partial charge on any atom is -0.389 e. The molecule has 4 aliphatic rings. The second-order valence-electron chi connectivity index (χ2n) is 9.42. The Balaban J connectivity index is 1.66. The van der Waals surface area contributed by atoms with E-state index in [9.17, 15) is 9.90 Å². The number of allylic oxidation sites excluding steroid dienone is 1. The number of Topliss-reactive ketones (excluding diaryl/α,β-unsaturated/α-hetero) is 1. The molecule has 23 heavy (non-hydrogen) atoms. The van der Waals surface area contributed by atoms with Gasteiger partial charge in [-0.1, -0.05) is 25.5 Å². The molecule has 0 saturated heterocycles. The third-order valence-electron chi connectivity index (χ3n) is 8.58. The normalized spacial score (nSPS) is 52.2. The zero-order valence-corrected chi connectivity index (χ0v) is 15.0. The van der Waals surface area contributed by atoms with Crippen molar-refractivity contribution in [3.8, 4) is 0 Å². The second-order valence-corrected chi connectivity index (χ2v) is 9.42. The van der Waals surface area contributed by atoms with Gasteiger partial charge >= 0.3 is 0 Å². The zero-order chi connectivity index (χ0) is 16.4. The first-order chi connectivity index (χ1) is 10.9. The molecule has 3 unspecified atom stereocenters. The lowest BCUT2D eigenvalue weighted by atomic mass is 9.46. The fourth-order valence-corrected chi connectivity index (χ4v) is 7.38. The van der Waals surface area contributed by atoms with Gasteiger partial charge in [0.25, 0.3) is 0 Å². The molecule has 3 saturated carbocycles. The monoisotopic (exact) mass is 316 g/mol. The minimum absolute atomic E-state index is 0.211. The highest BCUT2D eigenvalue weighted by Gasteiger charge is 2.59. The van der Waals surface area contributed by atoms with Crippen molar-refractivity contribution >= 4 is 5.78 Å². The van der Waals surface area contributed by atoms with E-state index in [0.717, 1.165) is 37.0 Å². The number of fused-ring (bicyclic) bond motifs is 5. The summed E-state index contributed by atoms with van der Waals surface area (Å²) in [6.07, 6.45) is 11.4. The van der Waals surface area contributed by atoms with E-state index in [0.29, 0.717) is 17.1 Å². The molecule has 0 aromatic heterocycles. The Morgan fingerprint density at radius 3 is 2.61 bits per heavy atom. The number of rotatable bonds is 1. The smallest absolute Gasteiger partial charge is 0.133 e. The average molecular weight is 316 g/mol. The molecule has 0 radical (unpaired) electrons. The van der Waals surface area contributed by atoms with Crippen LogP contribution in [0.3, 0.4) is 0 Å². The summed E-state index contributed by atoms with van der Waals surface area (Å²) < 4.78 is 0. The summed E-state index contributed by atoms with van der Waals surface area (Å²) in [4.78, 5) is 12.2. The highest BCUT2D eigenvalue weighted by Crippen LogP contribution is 2.66. The van der Waals surface area contributed by atoms with Gasteiger partial charge in [-0.05, 0) is 86.9 Å². The summed E-state index contributed by atoms with van der Waals surface area (Å²) in [5.41, 5.74) is 2.12. The Kier molecular flexibility index (Phi) is 3.58. The fraction of sp³-hybridized carbons (Fsp3) is 0.857. The lowest BCUT2D eigenvalue weighted by Gasteiger charge is -2.58. The molecule has 4 aliphatic carbocycles. The maximum Gasteiger partial charge on any atom is 0.133 e. The van der Waals surface area contributed by atoms with Crippen LogP contribution in [0.5, 0.6) is 0 Å². The molecule has 1 N–H and O–H groups in total. The lowest BCUT2D eigenvalue weighted by Crippen LogP contribution is -2.51. The quantitative estimate of drug-likeness (QED) is 0.722. The van der Waals surface area contributed by atoms with Gasteiger partial charge in [0, 0.05) is 5.92 Å². The molecule has 0 amide bonds. The third kappa shape index (κ3) is 2.13. The van der Waals surface area contributed by atoms with E-state index >= 15 is 0 Å². The predicted molar refractivity (Wildman–Crippen MR) is 91.9 cm³/mol. The molecule has 0 aromatic carbocycles. The van der Waals surface area contributed by atoms with Crippen LogP contribution in [0.4, 0.5) is 0 Å². The van der Waals surface area contributed by atoms with E-state index < -0.39 is 0 Å². The van der Waals surface area contributed by atoms with Crippen LogP contribution in [0.15, 0.2) is 11.6 Å². The largest absolute Gasteiger partial charge is 0.389 e. The van der Waals surface area contributed by atoms with Crippen molar-refractivity contribution in [1.82, 2.24) is 0 Å². The number of carbonyl (C=O) groups excluding carboxylic acids is 1. The molecular weight excluding hydrogens is 284 g/mol. The summed E-state index contributed by atoms with van der Waals surface area (Å²) in [6.45, 7) is 6.71. The van der Waals surface area contributed by atoms with Crippen molar-refractivity contribution in [2.45, 2.75) is 78.2 Å². The Bertz CT molecular complexity index is 550. The Labute approximate surface area is 140 Å². The van der Waals surface area contributed by atoms with Gasteiger partial charge in [0.2, 0.25) is 0 Å². The average Bonchev–Trinajstić information content (AvgIpc) is 2.85. The first-order valence-electron chi connectivity index (χ1n) is 9.76. The number of aliphatic hydroxyl groups excluding tert-OH is 1. The highest BCUT2D eigenvalue weighted by atomic mass is 16.3. The SMILES string of the molecule is CC(=O)[C@H]1CCC2C3CCC4=C[C@H](O)CC[C@]4(C)C3CC[C@@]21C. The summed E-state index contributed by atoms with van der Waals surface area (Å²) in [6, 6.07) is 0. The molecule has 0 spiro atoms. The van der Waals surface area contributed by atoms with Crippen LogP contribution in [0, 0.1) is 34.5 Å². The van der Waals surface area contributed by atoms with E-state index in [2.05, 4.69) is 19.9 Å². The van der Waals surface area contributed by atoms with Crippen LogP contribution < -0.4 is 0 Å². The van der Waals surface area contributed by atoms with Crippen LogP contribution >= 0.6 is 0 Å². The van der Waals surface area contributed by atoms with E-state index in [-0.39, 0.29) is 11.5 Å². The summed E-state index contributed by atoms with van der Waals surface area (Å²) >= 11 is 0. The third-order valence-corrected chi connectivity index (χ3v) is 8.58. The number of aliphatic hydroxyl groups is 1. The fourth-order valence-electron chi connectivity index (χ4n) is 7.38. The summed E-state index contributed by atoms with van der Waals surface area (Å²) in [7, 11) is 0. The maximum absolute atomic E-state index is 12.2. The van der Waals surface area contributed by atoms with E-state index in [4.69, 9.17) is 0 Å². The van der Waals surface area contributed by atoms with Gasteiger partial charge in [0.05, 0.1) is 6.10 Å². The molecule has 0 bridgehead atoms. The number of hydrogen-bond acceptors (Lipinski definition) is 2. The zero-order valence-electron chi connectivity index (χ0n) is 15.0. The molecule has 2 nitrogen and oxygen atoms in total. The van der Waals surface area contributed by atoms with Crippen molar-refractivity contribution < 1.29 is 9.90 Å². The molecule has 2 heteroatoms. The molecular formula is C21H32O2. The minimum atomic E-state index is -0.211. The molecule has 0 aromatic rings. The van der Waals surface area contributed by atoms with Gasteiger partial charge in [-0.2, -0.15) is 0 Å². The van der Waals surface area contributed by atoms with Crippen LogP contribution in [-0.4, -0.2) is 17.0 Å². The van der Waals surface area contributed by atoms with Crippen molar-refractivity contribution in [1.29, 1.82) is 0 Å². The van der Waals surface area contributed by atoms with Crippen LogP contribution in [0.1, 0.15) is 72.1 Å². The highest BCUT2D eigenvalue weighted by molar-refractivity contribution is 5.79. The van der Waals surface area contributed by atoms with Crippen molar-refractivity contribution in [2.75, 3.05) is 0 Å². The molecule has 4 rings (SSSR count). The van der Waals surface area contributed by atoms with E-state index in [1.807, 2.05) is 6.92 Å². The van der Waals surface area contributed by atoms with Crippen LogP contribution in [-0.2, 0) is 4.79 Å². The Morgan fingerprint density at radius 1 is 1.09 bits per heavy atom. The molecule has 128 valence electrons. The summed E-state index contributed by atoms with van der Waals surface area (Å²) in [5.74, 6) is 3.07. The lowest BCUT2D eigenvalue weighted by molar-refractivity contribution is -0.127. The maximum atomic E-state index is 12.2. The Morgan fingerprint density at radius 2 is 1.87 bits per heavy atom. The topological polar surface area (TPSA) is 37.3 Å². The number of hydrogen-bond donors (Lipinski definition) is 1.